The van der Waals surface area contributed by atoms with E-state index in [0.717, 1.165) is 0 Å². The fourth-order valence-electron chi connectivity index (χ4n) is 2.19. The number of benzene rings is 1. The van der Waals surface area contributed by atoms with Crippen LogP contribution in [0.1, 0.15) is 20.3 Å². The Morgan fingerprint density at radius 2 is 1.96 bits per heavy atom. The largest absolute Gasteiger partial charge is 0.326 e. The highest BCUT2D eigenvalue weighted by Crippen LogP contribution is 2.30. The highest BCUT2D eigenvalue weighted by atomic mass is 35.5. The molecule has 1 atom stereocenters. The average Bonchev–Trinajstić information content (AvgIpc) is 2.73. The van der Waals surface area contributed by atoms with Crippen molar-refractivity contribution in [3.8, 4) is 0 Å². The maximum absolute atomic E-state index is 12.3. The van der Waals surface area contributed by atoms with Gasteiger partial charge in [0, 0.05) is 35.2 Å². The normalized spacial score (nSPS) is 19.5. The van der Waals surface area contributed by atoms with Crippen LogP contribution in [-0.4, -0.2) is 40.2 Å². The summed E-state index contributed by atoms with van der Waals surface area (Å²) in [6, 6.07) is 4.80. The zero-order chi connectivity index (χ0) is 17.0. The van der Waals surface area contributed by atoms with Crippen LogP contribution >= 0.6 is 35.0 Å². The van der Waals surface area contributed by atoms with E-state index in [-0.39, 0.29) is 18.2 Å². The van der Waals surface area contributed by atoms with Crippen LogP contribution in [0.15, 0.2) is 23.2 Å². The second-order valence-corrected chi connectivity index (χ2v) is 6.90. The van der Waals surface area contributed by atoms with E-state index < -0.39 is 5.25 Å². The van der Waals surface area contributed by atoms with Gasteiger partial charge in [0.15, 0.2) is 5.17 Å². The Kier molecular flexibility index (Phi) is 6.33. The maximum atomic E-state index is 12.3. The Morgan fingerprint density at radius 3 is 2.52 bits per heavy atom. The highest BCUT2D eigenvalue weighted by molar-refractivity contribution is 8.15. The molecule has 1 aliphatic rings. The second-order valence-electron chi connectivity index (χ2n) is 4.86. The van der Waals surface area contributed by atoms with Gasteiger partial charge in [0.25, 0.3) is 0 Å². The molecule has 124 valence electrons. The molecule has 0 aromatic heterocycles. The van der Waals surface area contributed by atoms with Crippen molar-refractivity contribution in [2.75, 3.05) is 18.4 Å². The number of nitrogens with one attached hydrogen (secondary N) is 1. The van der Waals surface area contributed by atoms with Crippen molar-refractivity contribution in [2.24, 2.45) is 4.99 Å². The molecule has 2 rings (SSSR count). The number of carbonyl (C=O) groups is 2. The van der Waals surface area contributed by atoms with E-state index in [1.54, 1.807) is 23.1 Å². The summed E-state index contributed by atoms with van der Waals surface area (Å²) in [7, 11) is 0. The van der Waals surface area contributed by atoms with Crippen LogP contribution in [0, 0.1) is 0 Å². The minimum Gasteiger partial charge on any atom is -0.326 e. The smallest absolute Gasteiger partial charge is 0.242 e. The number of amidine groups is 1. The fraction of sp³-hybridized carbons (Fsp3) is 0.400. The number of carbonyl (C=O) groups excluding carboxylic acids is 2. The maximum Gasteiger partial charge on any atom is 0.242 e. The number of aliphatic imine (C=N–C) groups is 1. The Hall–Kier alpha value is -1.24. The van der Waals surface area contributed by atoms with Crippen LogP contribution < -0.4 is 5.32 Å². The predicted molar refractivity (Wildman–Crippen MR) is 96.5 cm³/mol. The molecular formula is C15H17Cl2N3O2S. The minimum absolute atomic E-state index is 0.0763. The van der Waals surface area contributed by atoms with Crippen LogP contribution in [0.4, 0.5) is 5.69 Å². The number of nitrogens with zero attached hydrogens (tertiary/aromatic N) is 2. The van der Waals surface area contributed by atoms with Gasteiger partial charge in [-0.05, 0) is 32.0 Å². The lowest BCUT2D eigenvalue weighted by molar-refractivity contribution is -0.128. The summed E-state index contributed by atoms with van der Waals surface area (Å²) >= 11 is 13.1. The molecule has 1 N–H and O–H groups in total. The number of amides is 2. The van der Waals surface area contributed by atoms with Crippen molar-refractivity contribution in [1.29, 1.82) is 0 Å². The Labute approximate surface area is 149 Å². The Morgan fingerprint density at radius 1 is 1.30 bits per heavy atom. The first kappa shape index (κ1) is 18.1. The molecule has 0 aliphatic carbocycles. The van der Waals surface area contributed by atoms with Gasteiger partial charge in [0.1, 0.15) is 5.25 Å². The van der Waals surface area contributed by atoms with Gasteiger partial charge in [-0.1, -0.05) is 35.0 Å². The van der Waals surface area contributed by atoms with Crippen molar-refractivity contribution < 1.29 is 9.59 Å². The van der Waals surface area contributed by atoms with Crippen molar-refractivity contribution in [3.63, 3.8) is 0 Å². The van der Waals surface area contributed by atoms with E-state index >= 15 is 0 Å². The van der Waals surface area contributed by atoms with Crippen LogP contribution in [0.2, 0.25) is 10.0 Å². The van der Waals surface area contributed by atoms with Crippen molar-refractivity contribution in [3.05, 3.63) is 28.2 Å². The Bertz CT molecular complexity index is 631. The monoisotopic (exact) mass is 373 g/mol. The van der Waals surface area contributed by atoms with Crippen molar-refractivity contribution >= 4 is 57.6 Å². The third-order valence-electron chi connectivity index (χ3n) is 3.15. The van der Waals surface area contributed by atoms with Gasteiger partial charge in [-0.3, -0.25) is 19.5 Å². The molecule has 1 aromatic rings. The zero-order valence-corrected chi connectivity index (χ0v) is 15.1. The molecule has 0 radical (unpaired) electrons. The van der Waals surface area contributed by atoms with Crippen LogP contribution in [0.5, 0.6) is 0 Å². The minimum atomic E-state index is -0.449. The van der Waals surface area contributed by atoms with E-state index in [2.05, 4.69) is 10.3 Å². The molecule has 1 fully saturated rings. The summed E-state index contributed by atoms with van der Waals surface area (Å²) in [5.41, 5.74) is 0.512. The molecule has 0 bridgehead atoms. The lowest BCUT2D eigenvalue weighted by Gasteiger charge is -2.13. The summed E-state index contributed by atoms with van der Waals surface area (Å²) in [4.78, 5) is 30.4. The molecule has 8 heteroatoms. The van der Waals surface area contributed by atoms with Gasteiger partial charge in [-0.15, -0.1) is 0 Å². The molecule has 0 saturated carbocycles. The molecular weight excluding hydrogens is 357 g/mol. The number of anilines is 1. The first-order valence-corrected chi connectivity index (χ1v) is 8.86. The van der Waals surface area contributed by atoms with E-state index in [1.807, 2.05) is 13.8 Å². The molecule has 1 saturated heterocycles. The number of rotatable bonds is 5. The second kappa shape index (κ2) is 8.04. The summed E-state index contributed by atoms with van der Waals surface area (Å²) in [6.45, 7) is 4.95. The molecule has 2 amide bonds. The quantitative estimate of drug-likeness (QED) is 0.856. The fourth-order valence-corrected chi connectivity index (χ4v) is 3.99. The van der Waals surface area contributed by atoms with Gasteiger partial charge in [0.2, 0.25) is 11.8 Å². The lowest BCUT2D eigenvalue weighted by atomic mass is 10.2. The highest BCUT2D eigenvalue weighted by Gasteiger charge is 2.38. The number of hydrogen-bond acceptors (Lipinski definition) is 4. The summed E-state index contributed by atoms with van der Waals surface area (Å²) in [6.07, 6.45) is 0.0763. The van der Waals surface area contributed by atoms with Gasteiger partial charge in [-0.25, -0.2) is 0 Å². The Balaban J connectivity index is 2.03. The van der Waals surface area contributed by atoms with E-state index in [1.165, 1.54) is 11.8 Å². The molecule has 1 unspecified atom stereocenters. The third-order valence-corrected chi connectivity index (χ3v) is 4.80. The molecule has 0 spiro atoms. The van der Waals surface area contributed by atoms with Gasteiger partial charge >= 0.3 is 0 Å². The first-order chi connectivity index (χ1) is 10.9. The SMILES string of the molecule is CCN=C1SC(CC(=O)Nc2cc(Cl)cc(Cl)c2)C(=O)N1CC. The first-order valence-electron chi connectivity index (χ1n) is 7.23. The van der Waals surface area contributed by atoms with E-state index in [4.69, 9.17) is 23.2 Å². The third kappa shape index (κ3) is 4.62. The number of halogens is 2. The number of thioether (sulfide) groups is 1. The molecule has 23 heavy (non-hydrogen) atoms. The van der Waals surface area contributed by atoms with Crippen LogP contribution in [-0.2, 0) is 9.59 Å². The van der Waals surface area contributed by atoms with Crippen molar-refractivity contribution in [2.45, 2.75) is 25.5 Å². The zero-order valence-electron chi connectivity index (χ0n) is 12.8. The molecule has 1 heterocycles. The predicted octanol–water partition coefficient (Wildman–Crippen LogP) is 3.66. The number of hydrogen-bond donors (Lipinski definition) is 1. The lowest BCUT2D eigenvalue weighted by Crippen LogP contribution is -2.33. The van der Waals surface area contributed by atoms with Crippen LogP contribution in [0.25, 0.3) is 0 Å². The molecule has 1 aromatic carbocycles. The standard InChI is InChI=1S/C15H17Cl2N3O2S/c1-3-18-15-20(4-2)14(22)12(23-15)8-13(21)19-11-6-9(16)5-10(17)7-11/h5-7,12H,3-4,8H2,1-2H3,(H,19,21). The molecule has 5 nitrogen and oxygen atoms in total. The van der Waals surface area contributed by atoms with Crippen LogP contribution in [0.3, 0.4) is 0 Å². The average molecular weight is 374 g/mol. The van der Waals surface area contributed by atoms with Gasteiger partial charge < -0.3 is 5.32 Å². The van der Waals surface area contributed by atoms with Gasteiger partial charge in [0.05, 0.1) is 0 Å². The topological polar surface area (TPSA) is 61.8 Å². The molecule has 1 aliphatic heterocycles. The van der Waals surface area contributed by atoms with E-state index in [0.29, 0.717) is 34.0 Å². The van der Waals surface area contributed by atoms with E-state index in [9.17, 15) is 9.59 Å². The summed E-state index contributed by atoms with van der Waals surface area (Å²) in [5.74, 6) is -0.341. The summed E-state index contributed by atoms with van der Waals surface area (Å²) < 4.78 is 0. The summed E-state index contributed by atoms with van der Waals surface area (Å²) in [5, 5.41) is 3.83. The van der Waals surface area contributed by atoms with Gasteiger partial charge in [-0.2, -0.15) is 0 Å². The van der Waals surface area contributed by atoms with Crippen molar-refractivity contribution in [1.82, 2.24) is 4.90 Å².